The Morgan fingerprint density at radius 1 is 1.35 bits per heavy atom. The van der Waals surface area contributed by atoms with Crippen LogP contribution in [-0.2, 0) is 18.6 Å². The van der Waals surface area contributed by atoms with Crippen LogP contribution in [0.4, 0.5) is 0 Å². The summed E-state index contributed by atoms with van der Waals surface area (Å²) in [6, 6.07) is 7.81. The molecular formula is C15H20BrN3O. The van der Waals surface area contributed by atoms with E-state index in [0.717, 1.165) is 28.8 Å². The third-order valence-electron chi connectivity index (χ3n) is 3.53. The molecule has 1 unspecified atom stereocenters. The molecule has 5 heteroatoms. The van der Waals surface area contributed by atoms with Crippen molar-refractivity contribution in [1.29, 1.82) is 0 Å². The Kier molecular flexibility index (Phi) is 4.94. The largest absolute Gasteiger partial charge is 0.385 e. The van der Waals surface area contributed by atoms with Crippen LogP contribution in [0.5, 0.6) is 0 Å². The number of hydrogen-bond donors (Lipinski definition) is 1. The topological polar surface area (TPSA) is 50.9 Å². The number of hydrogen-bond acceptors (Lipinski definition) is 3. The van der Waals surface area contributed by atoms with Gasteiger partial charge in [-0.1, -0.05) is 41.9 Å². The summed E-state index contributed by atoms with van der Waals surface area (Å²) in [5.41, 5.74) is -0.0112. The third-order valence-corrected chi connectivity index (χ3v) is 4.02. The predicted octanol–water partition coefficient (Wildman–Crippen LogP) is 3.29. The van der Waals surface area contributed by atoms with E-state index in [1.807, 2.05) is 35.9 Å². The van der Waals surface area contributed by atoms with Crippen molar-refractivity contribution in [2.24, 2.45) is 0 Å². The Morgan fingerprint density at radius 3 is 2.80 bits per heavy atom. The summed E-state index contributed by atoms with van der Waals surface area (Å²) >= 11 is 3.46. The van der Waals surface area contributed by atoms with E-state index >= 15 is 0 Å². The molecule has 0 radical (unpaired) electrons. The van der Waals surface area contributed by atoms with Crippen molar-refractivity contribution >= 4 is 15.9 Å². The van der Waals surface area contributed by atoms with Gasteiger partial charge in [-0.25, -0.2) is 9.67 Å². The lowest BCUT2D eigenvalue weighted by Crippen LogP contribution is -2.29. The van der Waals surface area contributed by atoms with E-state index in [1.165, 1.54) is 0 Å². The molecule has 1 aromatic carbocycles. The maximum Gasteiger partial charge on any atom is 0.138 e. The minimum atomic E-state index is -0.914. The zero-order chi connectivity index (χ0) is 14.6. The summed E-state index contributed by atoms with van der Waals surface area (Å²) in [7, 11) is 0. The minimum Gasteiger partial charge on any atom is -0.385 e. The van der Waals surface area contributed by atoms with Crippen LogP contribution in [0.15, 0.2) is 35.1 Å². The summed E-state index contributed by atoms with van der Waals surface area (Å²) in [4.78, 5) is 4.30. The van der Waals surface area contributed by atoms with Gasteiger partial charge in [0.25, 0.3) is 0 Å². The Bertz CT molecular complexity index is 570. The summed E-state index contributed by atoms with van der Waals surface area (Å²) in [5, 5.41) is 15.2. The summed E-state index contributed by atoms with van der Waals surface area (Å²) in [6.07, 6.45) is 3.65. The van der Waals surface area contributed by atoms with Gasteiger partial charge in [-0.05, 0) is 30.5 Å². The molecule has 4 nitrogen and oxygen atoms in total. The van der Waals surface area contributed by atoms with Gasteiger partial charge in [-0.3, -0.25) is 0 Å². The molecule has 0 fully saturated rings. The van der Waals surface area contributed by atoms with Crippen molar-refractivity contribution in [1.82, 2.24) is 14.8 Å². The van der Waals surface area contributed by atoms with E-state index in [0.29, 0.717) is 12.8 Å². The highest BCUT2D eigenvalue weighted by atomic mass is 79.9. The van der Waals surface area contributed by atoms with Crippen molar-refractivity contribution in [3.8, 4) is 0 Å². The molecule has 1 aromatic heterocycles. The van der Waals surface area contributed by atoms with E-state index in [2.05, 4.69) is 32.9 Å². The second-order valence-electron chi connectivity index (χ2n) is 4.97. The molecule has 1 atom stereocenters. The highest BCUT2D eigenvalue weighted by Crippen LogP contribution is 2.30. The standard InChI is InChI=1S/C15H20BrN3O/c1-3-8-19-14(17-11-18-19)10-15(20,4-2)12-6-5-7-13(16)9-12/h5-7,9,11,20H,3-4,8,10H2,1-2H3. The van der Waals surface area contributed by atoms with Gasteiger partial charge >= 0.3 is 0 Å². The SMILES string of the molecule is CCCn1ncnc1CC(O)(CC)c1cccc(Br)c1. The first-order valence-electron chi connectivity index (χ1n) is 6.94. The fraction of sp³-hybridized carbons (Fsp3) is 0.467. The second-order valence-corrected chi connectivity index (χ2v) is 5.89. The molecule has 0 spiro atoms. The molecule has 0 amide bonds. The molecule has 1 N–H and O–H groups in total. The van der Waals surface area contributed by atoms with Gasteiger partial charge < -0.3 is 5.11 Å². The number of benzene rings is 1. The average Bonchev–Trinajstić information content (AvgIpc) is 2.86. The zero-order valence-corrected chi connectivity index (χ0v) is 13.5. The van der Waals surface area contributed by atoms with Crippen LogP contribution in [-0.4, -0.2) is 19.9 Å². The lowest BCUT2D eigenvalue weighted by atomic mass is 9.87. The molecule has 0 aliphatic rings. The molecule has 1 heterocycles. The zero-order valence-electron chi connectivity index (χ0n) is 11.9. The Balaban J connectivity index is 2.29. The molecule has 108 valence electrons. The van der Waals surface area contributed by atoms with Gasteiger partial charge in [0, 0.05) is 17.4 Å². The molecule has 0 saturated carbocycles. The number of aliphatic hydroxyl groups is 1. The normalized spacial score (nSPS) is 14.2. The predicted molar refractivity (Wildman–Crippen MR) is 82.3 cm³/mol. The van der Waals surface area contributed by atoms with Crippen molar-refractivity contribution in [3.63, 3.8) is 0 Å². The van der Waals surface area contributed by atoms with E-state index in [1.54, 1.807) is 6.33 Å². The summed E-state index contributed by atoms with van der Waals surface area (Å²) in [5.74, 6) is 0.830. The second kappa shape index (κ2) is 6.50. The number of rotatable bonds is 6. The molecule has 0 bridgehead atoms. The van der Waals surface area contributed by atoms with Crippen molar-refractivity contribution in [2.45, 2.75) is 45.3 Å². The van der Waals surface area contributed by atoms with E-state index < -0.39 is 5.60 Å². The molecule has 0 saturated heterocycles. The van der Waals surface area contributed by atoms with Gasteiger partial charge in [-0.15, -0.1) is 0 Å². The van der Waals surface area contributed by atoms with Gasteiger partial charge in [0.15, 0.2) is 0 Å². The van der Waals surface area contributed by atoms with Gasteiger partial charge in [0.05, 0.1) is 5.60 Å². The number of nitrogens with zero attached hydrogens (tertiary/aromatic N) is 3. The molecule has 20 heavy (non-hydrogen) atoms. The third kappa shape index (κ3) is 3.27. The maximum absolute atomic E-state index is 11.0. The van der Waals surface area contributed by atoms with Crippen LogP contribution in [0.25, 0.3) is 0 Å². The van der Waals surface area contributed by atoms with Crippen molar-refractivity contribution in [3.05, 3.63) is 46.5 Å². The van der Waals surface area contributed by atoms with Crippen LogP contribution < -0.4 is 0 Å². The Labute approximate surface area is 128 Å². The maximum atomic E-state index is 11.0. The van der Waals surface area contributed by atoms with Crippen LogP contribution in [0.3, 0.4) is 0 Å². The highest BCUT2D eigenvalue weighted by molar-refractivity contribution is 9.10. The van der Waals surface area contributed by atoms with E-state index in [-0.39, 0.29) is 0 Å². The van der Waals surface area contributed by atoms with Crippen molar-refractivity contribution in [2.75, 3.05) is 0 Å². The van der Waals surface area contributed by atoms with Gasteiger partial charge in [-0.2, -0.15) is 5.10 Å². The van der Waals surface area contributed by atoms with E-state index in [9.17, 15) is 5.11 Å². The smallest absolute Gasteiger partial charge is 0.138 e. The van der Waals surface area contributed by atoms with E-state index in [4.69, 9.17) is 0 Å². The number of halogens is 1. The fourth-order valence-corrected chi connectivity index (χ4v) is 2.69. The fourth-order valence-electron chi connectivity index (χ4n) is 2.29. The summed E-state index contributed by atoms with van der Waals surface area (Å²) < 4.78 is 2.84. The monoisotopic (exact) mass is 337 g/mol. The minimum absolute atomic E-state index is 0.472. The molecular weight excluding hydrogens is 318 g/mol. The average molecular weight is 338 g/mol. The first kappa shape index (κ1) is 15.2. The molecule has 2 rings (SSSR count). The Hall–Kier alpha value is -1.20. The van der Waals surface area contributed by atoms with Gasteiger partial charge in [0.2, 0.25) is 0 Å². The van der Waals surface area contributed by atoms with Gasteiger partial charge in [0.1, 0.15) is 12.2 Å². The lowest BCUT2D eigenvalue weighted by Gasteiger charge is -2.27. The quantitative estimate of drug-likeness (QED) is 0.879. The first-order valence-corrected chi connectivity index (χ1v) is 7.73. The first-order chi connectivity index (χ1) is 9.59. The number of aromatic nitrogens is 3. The molecule has 2 aromatic rings. The highest BCUT2D eigenvalue weighted by Gasteiger charge is 2.29. The van der Waals surface area contributed by atoms with Crippen LogP contribution in [0.1, 0.15) is 38.1 Å². The summed E-state index contributed by atoms with van der Waals surface area (Å²) in [6.45, 7) is 4.92. The van der Waals surface area contributed by atoms with Crippen LogP contribution in [0, 0.1) is 0 Å². The van der Waals surface area contributed by atoms with Crippen LogP contribution >= 0.6 is 15.9 Å². The Morgan fingerprint density at radius 2 is 2.15 bits per heavy atom. The van der Waals surface area contributed by atoms with Crippen molar-refractivity contribution < 1.29 is 5.11 Å². The molecule has 0 aliphatic carbocycles. The lowest BCUT2D eigenvalue weighted by molar-refractivity contribution is 0.0295. The van der Waals surface area contributed by atoms with Crippen LogP contribution in [0.2, 0.25) is 0 Å². The number of aryl methyl sites for hydroxylation is 1. The molecule has 0 aliphatic heterocycles.